The minimum Gasteiger partial charge on any atom is -0.504 e. The topological polar surface area (TPSA) is 51.2 Å². The molecule has 26 heavy (non-hydrogen) atoms. The van der Waals surface area contributed by atoms with Gasteiger partial charge in [0.2, 0.25) is 0 Å². The van der Waals surface area contributed by atoms with Gasteiger partial charge in [0, 0.05) is 6.54 Å². The van der Waals surface area contributed by atoms with Gasteiger partial charge in [-0.1, -0.05) is 18.2 Å². The number of nitrogens with zero attached hydrogens (tertiary/aromatic N) is 1. The highest BCUT2D eigenvalue weighted by atomic mass is 16.5. The second-order valence-corrected chi connectivity index (χ2v) is 6.37. The molecular weight excluding hydrogens is 330 g/mol. The van der Waals surface area contributed by atoms with Crippen molar-refractivity contribution in [3.63, 3.8) is 0 Å². The largest absolute Gasteiger partial charge is 0.504 e. The number of phenols is 1. The van der Waals surface area contributed by atoms with Gasteiger partial charge in [-0.3, -0.25) is 4.90 Å². The summed E-state index contributed by atoms with van der Waals surface area (Å²) in [7, 11) is 6.98. The number of aromatic hydroxyl groups is 1. The molecular formula is C21H25NO4. The van der Waals surface area contributed by atoms with E-state index < -0.39 is 0 Å². The molecule has 1 atom stereocenters. The van der Waals surface area contributed by atoms with Gasteiger partial charge < -0.3 is 19.3 Å². The number of phenolic OH excluding ortho intramolecular Hbond substituents is 1. The molecule has 1 heterocycles. The van der Waals surface area contributed by atoms with Crippen molar-refractivity contribution in [2.24, 2.45) is 0 Å². The number of hydrogen-bond acceptors (Lipinski definition) is 5. The zero-order chi connectivity index (χ0) is 18.7. The van der Waals surface area contributed by atoms with Crippen molar-refractivity contribution in [2.45, 2.75) is 12.5 Å². The Labute approximate surface area is 154 Å². The Morgan fingerprint density at radius 3 is 2.38 bits per heavy atom. The lowest BCUT2D eigenvalue weighted by Gasteiger charge is -2.33. The molecule has 1 unspecified atom stereocenters. The molecule has 0 amide bonds. The molecule has 0 bridgehead atoms. The number of hydrogen-bond donors (Lipinski definition) is 1. The Morgan fingerprint density at radius 2 is 1.69 bits per heavy atom. The monoisotopic (exact) mass is 355 g/mol. The highest BCUT2D eigenvalue weighted by Gasteiger charge is 2.25. The number of rotatable bonds is 5. The zero-order valence-corrected chi connectivity index (χ0v) is 15.7. The third kappa shape index (κ3) is 3.48. The molecule has 3 rings (SSSR count). The van der Waals surface area contributed by atoms with Crippen molar-refractivity contribution >= 4 is 6.08 Å². The third-order valence-corrected chi connectivity index (χ3v) is 4.85. The van der Waals surface area contributed by atoms with Gasteiger partial charge in [-0.05, 0) is 54.4 Å². The van der Waals surface area contributed by atoms with Crippen LogP contribution in [0.2, 0.25) is 0 Å². The Balaban J connectivity index is 1.95. The minimum absolute atomic E-state index is 0.137. The Kier molecular flexibility index (Phi) is 5.38. The molecule has 0 aliphatic carbocycles. The summed E-state index contributed by atoms with van der Waals surface area (Å²) >= 11 is 0. The van der Waals surface area contributed by atoms with Crippen LogP contribution in [-0.2, 0) is 6.42 Å². The van der Waals surface area contributed by atoms with Crippen molar-refractivity contribution in [2.75, 3.05) is 34.9 Å². The fraction of sp³-hybridized carbons (Fsp3) is 0.333. The highest BCUT2D eigenvalue weighted by molar-refractivity contribution is 5.58. The number of ether oxygens (including phenoxy) is 3. The van der Waals surface area contributed by atoms with Gasteiger partial charge in [-0.15, -0.1) is 0 Å². The molecule has 138 valence electrons. The molecule has 1 aliphatic rings. The average Bonchev–Trinajstić information content (AvgIpc) is 2.67. The van der Waals surface area contributed by atoms with Gasteiger partial charge in [-0.2, -0.15) is 0 Å². The Hall–Kier alpha value is -2.66. The smallest absolute Gasteiger partial charge is 0.161 e. The standard InChI is InChI=1S/C21H25NO4/c1-22-10-9-15-12-20(25-3)21(26-4)13-16(15)17(22)7-5-14-6-8-18(23)19(11-14)24-2/h5-8,11-13,17,23H,9-10H2,1-4H3/b7-5+. The summed E-state index contributed by atoms with van der Waals surface area (Å²) in [4.78, 5) is 2.31. The van der Waals surface area contributed by atoms with Crippen LogP contribution in [0.3, 0.4) is 0 Å². The predicted octanol–water partition coefficient (Wildman–Crippen LogP) is 3.66. The maximum Gasteiger partial charge on any atom is 0.161 e. The van der Waals surface area contributed by atoms with Gasteiger partial charge >= 0.3 is 0 Å². The highest BCUT2D eigenvalue weighted by Crippen LogP contribution is 2.38. The summed E-state index contributed by atoms with van der Waals surface area (Å²) in [5, 5.41) is 9.75. The summed E-state index contributed by atoms with van der Waals surface area (Å²) in [5.74, 6) is 2.12. The number of likely N-dealkylation sites (N-methyl/N-ethyl adjacent to an activating group) is 1. The number of methoxy groups -OCH3 is 3. The van der Waals surface area contributed by atoms with E-state index in [1.807, 2.05) is 12.1 Å². The molecule has 1 N–H and O–H groups in total. The van der Waals surface area contributed by atoms with E-state index in [2.05, 4.69) is 36.2 Å². The second kappa shape index (κ2) is 7.70. The maximum atomic E-state index is 9.75. The lowest BCUT2D eigenvalue weighted by Crippen LogP contribution is -2.31. The average molecular weight is 355 g/mol. The minimum atomic E-state index is 0.137. The van der Waals surface area contributed by atoms with Crippen molar-refractivity contribution in [1.82, 2.24) is 4.90 Å². The lowest BCUT2D eigenvalue weighted by atomic mass is 9.91. The summed E-state index contributed by atoms with van der Waals surface area (Å²) < 4.78 is 16.1. The number of fused-ring (bicyclic) bond motifs is 1. The molecule has 0 spiro atoms. The van der Waals surface area contributed by atoms with E-state index >= 15 is 0 Å². The molecule has 5 nitrogen and oxygen atoms in total. The Morgan fingerprint density at radius 1 is 1.00 bits per heavy atom. The van der Waals surface area contributed by atoms with Crippen molar-refractivity contribution in [1.29, 1.82) is 0 Å². The van der Waals surface area contributed by atoms with E-state index in [9.17, 15) is 5.11 Å². The summed E-state index contributed by atoms with van der Waals surface area (Å²) in [6.07, 6.45) is 5.19. The molecule has 0 saturated heterocycles. The zero-order valence-electron chi connectivity index (χ0n) is 15.7. The normalized spacial score (nSPS) is 17.2. The molecule has 1 aliphatic heterocycles. The first-order chi connectivity index (χ1) is 12.6. The van der Waals surface area contributed by atoms with Gasteiger partial charge in [-0.25, -0.2) is 0 Å². The van der Waals surface area contributed by atoms with E-state index in [1.54, 1.807) is 27.4 Å². The van der Waals surface area contributed by atoms with Crippen molar-refractivity contribution in [3.8, 4) is 23.0 Å². The molecule has 0 fully saturated rings. The molecule has 2 aromatic rings. The summed E-state index contributed by atoms with van der Waals surface area (Å²) in [5.41, 5.74) is 3.47. The van der Waals surface area contributed by atoms with Gasteiger partial charge in [0.05, 0.1) is 27.4 Å². The first kappa shape index (κ1) is 18.1. The van der Waals surface area contributed by atoms with Crippen LogP contribution in [0.4, 0.5) is 0 Å². The first-order valence-corrected chi connectivity index (χ1v) is 8.57. The fourth-order valence-corrected chi connectivity index (χ4v) is 3.35. The SMILES string of the molecule is COc1cc(/C=C/C2c3cc(OC)c(OC)cc3CCN2C)ccc1O. The van der Waals surface area contributed by atoms with Crippen LogP contribution in [0.5, 0.6) is 23.0 Å². The molecule has 5 heteroatoms. The van der Waals surface area contributed by atoms with Crippen LogP contribution >= 0.6 is 0 Å². The van der Waals surface area contributed by atoms with Crippen molar-refractivity contribution < 1.29 is 19.3 Å². The molecule has 0 radical (unpaired) electrons. The molecule has 0 aromatic heterocycles. The summed E-state index contributed by atoms with van der Waals surface area (Å²) in [6.45, 7) is 0.969. The van der Waals surface area contributed by atoms with Gasteiger partial charge in [0.1, 0.15) is 0 Å². The van der Waals surface area contributed by atoms with Gasteiger partial charge in [0.25, 0.3) is 0 Å². The molecule has 2 aromatic carbocycles. The lowest BCUT2D eigenvalue weighted by molar-refractivity contribution is 0.270. The van der Waals surface area contributed by atoms with E-state index in [1.165, 1.54) is 11.1 Å². The van der Waals surface area contributed by atoms with Crippen LogP contribution in [0.15, 0.2) is 36.4 Å². The quantitative estimate of drug-likeness (QED) is 0.887. The van der Waals surface area contributed by atoms with Crippen LogP contribution in [0, 0.1) is 0 Å². The van der Waals surface area contributed by atoms with Crippen LogP contribution in [0.25, 0.3) is 6.08 Å². The number of benzene rings is 2. The third-order valence-electron chi connectivity index (χ3n) is 4.85. The Bertz CT molecular complexity index is 816. The van der Waals surface area contributed by atoms with E-state index in [0.29, 0.717) is 5.75 Å². The fourth-order valence-electron chi connectivity index (χ4n) is 3.35. The van der Waals surface area contributed by atoms with E-state index in [0.717, 1.165) is 30.0 Å². The first-order valence-electron chi connectivity index (χ1n) is 8.57. The molecule has 0 saturated carbocycles. The predicted molar refractivity (Wildman–Crippen MR) is 102 cm³/mol. The van der Waals surface area contributed by atoms with Crippen LogP contribution in [0.1, 0.15) is 22.7 Å². The van der Waals surface area contributed by atoms with Gasteiger partial charge in [0.15, 0.2) is 23.0 Å². The van der Waals surface area contributed by atoms with Crippen molar-refractivity contribution in [3.05, 3.63) is 53.1 Å². The van der Waals surface area contributed by atoms with E-state index in [4.69, 9.17) is 14.2 Å². The maximum absolute atomic E-state index is 9.75. The second-order valence-electron chi connectivity index (χ2n) is 6.37. The van der Waals surface area contributed by atoms with Crippen LogP contribution < -0.4 is 14.2 Å². The van der Waals surface area contributed by atoms with E-state index in [-0.39, 0.29) is 11.8 Å². The summed E-state index contributed by atoms with van der Waals surface area (Å²) in [6, 6.07) is 9.61. The van der Waals surface area contributed by atoms with Crippen LogP contribution in [-0.4, -0.2) is 44.9 Å².